The second-order valence-corrected chi connectivity index (χ2v) is 4.57. The molecule has 0 aromatic heterocycles. The van der Waals surface area contributed by atoms with Crippen LogP contribution < -0.4 is 15.2 Å². The van der Waals surface area contributed by atoms with Gasteiger partial charge in [0, 0.05) is 0 Å². The number of hydrogen-bond donors (Lipinski definition) is 2. The normalized spacial score (nSPS) is 10.1. The van der Waals surface area contributed by atoms with E-state index in [0.29, 0.717) is 24.7 Å². The van der Waals surface area contributed by atoms with E-state index in [0.717, 1.165) is 11.3 Å². The molecule has 0 amide bonds. The summed E-state index contributed by atoms with van der Waals surface area (Å²) < 4.78 is 11.0. The van der Waals surface area contributed by atoms with Crippen LogP contribution in [0.3, 0.4) is 0 Å². The molecule has 2 aromatic rings. The van der Waals surface area contributed by atoms with Crippen LogP contribution in [0.2, 0.25) is 0 Å². The monoisotopic (exact) mass is 287 g/mol. The summed E-state index contributed by atoms with van der Waals surface area (Å²) in [5, 5.41) is 8.85. The van der Waals surface area contributed by atoms with E-state index in [1.165, 1.54) is 12.1 Å². The molecule has 3 N–H and O–H groups in total. The molecular formula is C16H17NO4. The van der Waals surface area contributed by atoms with Gasteiger partial charge in [-0.1, -0.05) is 12.1 Å². The molecule has 0 aliphatic heterocycles. The van der Waals surface area contributed by atoms with E-state index in [1.54, 1.807) is 6.07 Å². The van der Waals surface area contributed by atoms with Crippen LogP contribution in [0.25, 0.3) is 0 Å². The summed E-state index contributed by atoms with van der Waals surface area (Å²) in [5.74, 6) is 0.219. The Bertz CT molecular complexity index is 640. The molecule has 5 heteroatoms. The van der Waals surface area contributed by atoms with E-state index in [-0.39, 0.29) is 5.56 Å². The Labute approximate surface area is 122 Å². The standard InChI is InChI=1S/C16H17NO4/c1-11-3-2-4-13(9-11)20-7-8-21-15-6-5-12(16(18)19)10-14(15)17/h2-6,9-10H,7-8,17H2,1H3,(H,18,19). The Morgan fingerprint density at radius 1 is 1.14 bits per heavy atom. The Morgan fingerprint density at radius 2 is 1.90 bits per heavy atom. The van der Waals surface area contributed by atoms with Crippen molar-refractivity contribution in [3.05, 3.63) is 53.6 Å². The third-order valence-electron chi connectivity index (χ3n) is 2.86. The summed E-state index contributed by atoms with van der Waals surface area (Å²) in [6.07, 6.45) is 0. The van der Waals surface area contributed by atoms with E-state index in [1.807, 2.05) is 31.2 Å². The molecule has 0 fully saturated rings. The molecule has 0 heterocycles. The minimum Gasteiger partial charge on any atom is -0.490 e. The lowest BCUT2D eigenvalue weighted by Crippen LogP contribution is -2.10. The molecule has 0 bridgehead atoms. The van der Waals surface area contributed by atoms with Crippen molar-refractivity contribution in [3.8, 4) is 11.5 Å². The topological polar surface area (TPSA) is 81.8 Å². The molecule has 0 radical (unpaired) electrons. The summed E-state index contributed by atoms with van der Waals surface area (Å²) >= 11 is 0. The van der Waals surface area contributed by atoms with Gasteiger partial charge in [-0.3, -0.25) is 0 Å². The lowest BCUT2D eigenvalue weighted by Gasteiger charge is -2.11. The lowest BCUT2D eigenvalue weighted by molar-refractivity contribution is 0.0697. The van der Waals surface area contributed by atoms with E-state index >= 15 is 0 Å². The van der Waals surface area contributed by atoms with Crippen molar-refractivity contribution >= 4 is 11.7 Å². The van der Waals surface area contributed by atoms with E-state index in [9.17, 15) is 4.79 Å². The molecule has 21 heavy (non-hydrogen) atoms. The van der Waals surface area contributed by atoms with Crippen LogP contribution in [0.5, 0.6) is 11.5 Å². The highest BCUT2D eigenvalue weighted by Crippen LogP contribution is 2.22. The number of carbonyl (C=O) groups is 1. The van der Waals surface area contributed by atoms with Crippen LogP contribution in [0.1, 0.15) is 15.9 Å². The van der Waals surface area contributed by atoms with Crippen molar-refractivity contribution < 1.29 is 19.4 Å². The largest absolute Gasteiger partial charge is 0.490 e. The quantitative estimate of drug-likeness (QED) is 0.630. The molecule has 0 unspecified atom stereocenters. The van der Waals surface area contributed by atoms with Gasteiger partial charge in [-0.2, -0.15) is 0 Å². The first kappa shape index (κ1) is 14.7. The number of aryl methyl sites for hydroxylation is 1. The Morgan fingerprint density at radius 3 is 2.57 bits per heavy atom. The average Bonchev–Trinajstić information content (AvgIpc) is 2.45. The van der Waals surface area contributed by atoms with Gasteiger partial charge in [0.25, 0.3) is 0 Å². The Kier molecular flexibility index (Phi) is 4.66. The SMILES string of the molecule is Cc1cccc(OCCOc2ccc(C(=O)O)cc2N)c1. The molecular weight excluding hydrogens is 270 g/mol. The number of nitrogens with two attached hydrogens (primary N) is 1. The Hall–Kier alpha value is -2.69. The van der Waals surface area contributed by atoms with Crippen molar-refractivity contribution in [1.29, 1.82) is 0 Å². The number of benzene rings is 2. The van der Waals surface area contributed by atoms with E-state index in [4.69, 9.17) is 20.3 Å². The van der Waals surface area contributed by atoms with Crippen molar-refractivity contribution in [3.63, 3.8) is 0 Å². The van der Waals surface area contributed by atoms with Crippen molar-refractivity contribution in [1.82, 2.24) is 0 Å². The molecule has 0 aliphatic rings. The van der Waals surface area contributed by atoms with Crippen molar-refractivity contribution in [2.24, 2.45) is 0 Å². The molecule has 0 saturated carbocycles. The lowest BCUT2D eigenvalue weighted by atomic mass is 10.2. The summed E-state index contributed by atoms with van der Waals surface area (Å²) in [6.45, 7) is 2.70. The zero-order valence-corrected chi connectivity index (χ0v) is 11.7. The fourth-order valence-electron chi connectivity index (χ4n) is 1.83. The van der Waals surface area contributed by atoms with Crippen LogP contribution in [-0.2, 0) is 0 Å². The second kappa shape index (κ2) is 6.65. The van der Waals surface area contributed by atoms with Gasteiger partial charge in [0.2, 0.25) is 0 Å². The second-order valence-electron chi connectivity index (χ2n) is 4.57. The van der Waals surface area contributed by atoms with Crippen LogP contribution in [0.15, 0.2) is 42.5 Å². The number of ether oxygens (including phenoxy) is 2. The van der Waals surface area contributed by atoms with Crippen molar-refractivity contribution in [2.75, 3.05) is 18.9 Å². The maximum atomic E-state index is 10.8. The maximum Gasteiger partial charge on any atom is 0.335 e. The van der Waals surface area contributed by atoms with Gasteiger partial charge >= 0.3 is 5.97 Å². The number of carboxylic acids is 1. The number of rotatable bonds is 6. The zero-order valence-electron chi connectivity index (χ0n) is 11.7. The van der Waals surface area contributed by atoms with Crippen LogP contribution >= 0.6 is 0 Å². The number of hydrogen-bond acceptors (Lipinski definition) is 4. The van der Waals surface area contributed by atoms with Gasteiger partial charge in [-0.05, 0) is 42.8 Å². The minimum absolute atomic E-state index is 0.135. The third kappa shape index (κ3) is 4.14. The van der Waals surface area contributed by atoms with Gasteiger partial charge in [0.1, 0.15) is 24.7 Å². The number of carboxylic acid groups (broad SMARTS) is 1. The molecule has 0 atom stereocenters. The summed E-state index contributed by atoms with van der Waals surface area (Å²) in [7, 11) is 0. The highest BCUT2D eigenvalue weighted by molar-refractivity contribution is 5.89. The third-order valence-corrected chi connectivity index (χ3v) is 2.86. The average molecular weight is 287 g/mol. The molecule has 5 nitrogen and oxygen atoms in total. The smallest absolute Gasteiger partial charge is 0.335 e. The van der Waals surface area contributed by atoms with Crippen LogP contribution in [-0.4, -0.2) is 24.3 Å². The molecule has 0 spiro atoms. The van der Waals surface area contributed by atoms with E-state index in [2.05, 4.69) is 0 Å². The van der Waals surface area contributed by atoms with Gasteiger partial charge in [-0.15, -0.1) is 0 Å². The van der Waals surface area contributed by atoms with E-state index < -0.39 is 5.97 Å². The molecule has 2 aromatic carbocycles. The fourth-order valence-corrected chi connectivity index (χ4v) is 1.83. The van der Waals surface area contributed by atoms with Gasteiger partial charge in [0.15, 0.2) is 0 Å². The minimum atomic E-state index is -1.02. The summed E-state index contributed by atoms with van der Waals surface area (Å²) in [4.78, 5) is 10.8. The molecule has 2 rings (SSSR count). The fraction of sp³-hybridized carbons (Fsp3) is 0.188. The number of aromatic carboxylic acids is 1. The van der Waals surface area contributed by atoms with Gasteiger partial charge in [-0.25, -0.2) is 4.79 Å². The highest BCUT2D eigenvalue weighted by Gasteiger charge is 2.07. The first-order valence-corrected chi connectivity index (χ1v) is 6.51. The van der Waals surface area contributed by atoms with Crippen LogP contribution in [0.4, 0.5) is 5.69 Å². The zero-order chi connectivity index (χ0) is 15.2. The van der Waals surface area contributed by atoms with Crippen LogP contribution in [0, 0.1) is 6.92 Å². The molecule has 0 aliphatic carbocycles. The molecule has 0 saturated heterocycles. The molecule has 110 valence electrons. The first-order valence-electron chi connectivity index (χ1n) is 6.51. The maximum absolute atomic E-state index is 10.8. The summed E-state index contributed by atoms with van der Waals surface area (Å²) in [6, 6.07) is 12.1. The van der Waals surface area contributed by atoms with Gasteiger partial charge in [0.05, 0.1) is 11.3 Å². The number of nitrogen functional groups attached to an aromatic ring is 1. The Balaban J connectivity index is 1.85. The summed E-state index contributed by atoms with van der Waals surface area (Å²) in [5.41, 5.74) is 7.30. The van der Waals surface area contributed by atoms with Crippen molar-refractivity contribution in [2.45, 2.75) is 6.92 Å². The predicted molar refractivity (Wildman–Crippen MR) is 80.0 cm³/mol. The van der Waals surface area contributed by atoms with Gasteiger partial charge < -0.3 is 20.3 Å². The number of anilines is 1. The highest BCUT2D eigenvalue weighted by atomic mass is 16.5. The predicted octanol–water partition coefficient (Wildman–Crippen LogP) is 2.73. The first-order chi connectivity index (χ1) is 10.1.